The zero-order valence-corrected chi connectivity index (χ0v) is 18.5. The molecule has 174 valence electrons. The Morgan fingerprint density at radius 3 is 2.82 bits per heavy atom. The molecule has 0 aliphatic carbocycles. The molecule has 0 saturated heterocycles. The van der Waals surface area contributed by atoms with Crippen LogP contribution in [0.25, 0.3) is 11.1 Å². The van der Waals surface area contributed by atoms with Crippen molar-refractivity contribution in [3.8, 4) is 11.1 Å². The van der Waals surface area contributed by atoms with Crippen LogP contribution in [-0.4, -0.2) is 54.3 Å². The first-order valence-corrected chi connectivity index (χ1v) is 10.9. The molecule has 1 aliphatic rings. The average Bonchev–Trinajstić information content (AvgIpc) is 3.50. The number of nitrogens with two attached hydrogens (primary N) is 1. The molecule has 4 heterocycles. The summed E-state index contributed by atoms with van der Waals surface area (Å²) < 4.78 is 3.36. The molecule has 5 N–H and O–H groups in total. The first-order valence-electron chi connectivity index (χ1n) is 10.9. The number of anilines is 3. The van der Waals surface area contributed by atoms with Gasteiger partial charge in [0.2, 0.25) is 0 Å². The normalized spacial score (nSPS) is 16.1. The largest absolute Gasteiger partial charge is 0.394 e. The second-order valence-corrected chi connectivity index (χ2v) is 7.98. The first-order chi connectivity index (χ1) is 16.6. The van der Waals surface area contributed by atoms with E-state index < -0.39 is 6.17 Å². The lowest BCUT2D eigenvalue weighted by molar-refractivity contribution is 0.0955. The minimum absolute atomic E-state index is 0.0257. The number of carbonyl (C=O) groups is 1. The van der Waals surface area contributed by atoms with E-state index in [1.54, 1.807) is 32.7 Å². The van der Waals surface area contributed by atoms with Crippen molar-refractivity contribution in [1.82, 2.24) is 24.4 Å². The van der Waals surface area contributed by atoms with Crippen LogP contribution in [0.2, 0.25) is 0 Å². The number of aromatic nitrogens is 5. The van der Waals surface area contributed by atoms with E-state index in [4.69, 9.17) is 5.73 Å². The van der Waals surface area contributed by atoms with E-state index >= 15 is 0 Å². The summed E-state index contributed by atoms with van der Waals surface area (Å²) in [7, 11) is 0. The molecule has 0 saturated carbocycles. The average molecular weight is 460 g/mol. The van der Waals surface area contributed by atoms with Crippen LogP contribution in [0.15, 0.2) is 67.4 Å². The van der Waals surface area contributed by atoms with Gasteiger partial charge in [-0.3, -0.25) is 19.1 Å². The van der Waals surface area contributed by atoms with Gasteiger partial charge in [0.1, 0.15) is 29.8 Å². The summed E-state index contributed by atoms with van der Waals surface area (Å²) in [6.07, 6.45) is 6.22. The van der Waals surface area contributed by atoms with Crippen molar-refractivity contribution in [2.45, 2.75) is 25.7 Å². The van der Waals surface area contributed by atoms with Crippen molar-refractivity contribution >= 4 is 23.2 Å². The predicted octanol–water partition coefficient (Wildman–Crippen LogP) is 1.75. The summed E-state index contributed by atoms with van der Waals surface area (Å²) in [5, 5.41) is 16.9. The number of aliphatic hydroxyl groups excluding tert-OH is 1. The number of fused-ring (bicyclic) bond motifs is 1. The van der Waals surface area contributed by atoms with Gasteiger partial charge in [-0.05, 0) is 31.2 Å². The molecule has 1 amide bonds. The maximum absolute atomic E-state index is 13.4. The highest BCUT2D eigenvalue weighted by Gasteiger charge is 2.36. The monoisotopic (exact) mass is 459 g/mol. The van der Waals surface area contributed by atoms with E-state index in [1.165, 1.54) is 6.33 Å². The molecule has 11 nitrogen and oxygen atoms in total. The Morgan fingerprint density at radius 2 is 2.03 bits per heavy atom. The maximum atomic E-state index is 13.4. The van der Waals surface area contributed by atoms with Gasteiger partial charge in [-0.25, -0.2) is 9.97 Å². The number of benzene rings is 1. The van der Waals surface area contributed by atoms with Gasteiger partial charge in [0.15, 0.2) is 0 Å². The molecule has 4 aromatic rings. The van der Waals surface area contributed by atoms with Crippen molar-refractivity contribution in [1.29, 1.82) is 0 Å². The molecule has 1 aliphatic heterocycles. The zero-order chi connectivity index (χ0) is 23.7. The van der Waals surface area contributed by atoms with E-state index in [-0.39, 0.29) is 18.6 Å². The summed E-state index contributed by atoms with van der Waals surface area (Å²) in [5.41, 5.74) is 12.3. The highest BCUT2D eigenvalue weighted by Crippen LogP contribution is 2.32. The maximum Gasteiger partial charge on any atom is 0.278 e. The van der Waals surface area contributed by atoms with E-state index in [2.05, 4.69) is 25.8 Å². The minimum atomic E-state index is -0.434. The van der Waals surface area contributed by atoms with E-state index in [9.17, 15) is 9.90 Å². The first kappa shape index (κ1) is 21.5. The van der Waals surface area contributed by atoms with Gasteiger partial charge in [-0.2, -0.15) is 5.10 Å². The molecular weight excluding hydrogens is 434 g/mol. The van der Waals surface area contributed by atoms with Crippen LogP contribution in [-0.2, 0) is 6.54 Å². The van der Waals surface area contributed by atoms with Crippen molar-refractivity contribution in [3.05, 3.63) is 73.1 Å². The number of hydrogen-bond acceptors (Lipinski definition) is 8. The topological polar surface area (TPSA) is 139 Å². The fourth-order valence-electron chi connectivity index (χ4n) is 4.12. The van der Waals surface area contributed by atoms with Crippen molar-refractivity contribution in [2.75, 3.05) is 28.0 Å². The lowest BCUT2D eigenvalue weighted by Crippen LogP contribution is -2.59. The predicted molar refractivity (Wildman–Crippen MR) is 129 cm³/mol. The molecule has 1 unspecified atom stereocenters. The Morgan fingerprint density at radius 1 is 1.21 bits per heavy atom. The van der Waals surface area contributed by atoms with Gasteiger partial charge < -0.3 is 21.6 Å². The molecule has 0 spiro atoms. The third-order valence-corrected chi connectivity index (χ3v) is 5.74. The van der Waals surface area contributed by atoms with Crippen molar-refractivity contribution < 1.29 is 9.90 Å². The quantitative estimate of drug-likeness (QED) is 0.328. The van der Waals surface area contributed by atoms with Crippen LogP contribution in [0.3, 0.4) is 0 Å². The number of nitrogens with one attached hydrogen (secondary N) is 2. The van der Waals surface area contributed by atoms with Crippen LogP contribution < -0.4 is 21.4 Å². The number of hydrogen-bond donors (Lipinski definition) is 4. The Balaban J connectivity index is 1.49. The second kappa shape index (κ2) is 8.87. The van der Waals surface area contributed by atoms with Crippen LogP contribution in [0.4, 0.5) is 17.3 Å². The number of nitrogen functional groups attached to an aromatic ring is 1. The molecular formula is C23H25N9O2. The molecule has 34 heavy (non-hydrogen) atoms. The Bertz CT molecular complexity index is 1300. The molecule has 0 fully saturated rings. The number of rotatable bonds is 7. The van der Waals surface area contributed by atoms with Gasteiger partial charge in [0.25, 0.3) is 5.91 Å². The Hall–Kier alpha value is -4.38. The minimum Gasteiger partial charge on any atom is -0.394 e. The fraction of sp³-hybridized carbons (Fsp3) is 0.217. The molecule has 3 aromatic heterocycles. The fourth-order valence-corrected chi connectivity index (χ4v) is 4.12. The molecule has 1 aromatic carbocycles. The third kappa shape index (κ3) is 3.82. The van der Waals surface area contributed by atoms with Crippen LogP contribution in [0.1, 0.15) is 17.4 Å². The lowest BCUT2D eigenvalue weighted by Gasteiger charge is -2.41. The van der Waals surface area contributed by atoms with E-state index in [0.29, 0.717) is 29.4 Å². The highest BCUT2D eigenvalue weighted by molar-refractivity contribution is 6.06. The third-order valence-electron chi connectivity index (χ3n) is 5.74. The second-order valence-electron chi connectivity index (χ2n) is 7.98. The Kier molecular flexibility index (Phi) is 5.60. The van der Waals surface area contributed by atoms with Gasteiger partial charge in [0, 0.05) is 23.6 Å². The zero-order valence-electron chi connectivity index (χ0n) is 18.5. The summed E-state index contributed by atoms with van der Waals surface area (Å²) >= 11 is 0. The number of carbonyl (C=O) groups excluding carboxylic acids is 1. The van der Waals surface area contributed by atoms with Gasteiger partial charge in [0.05, 0.1) is 31.0 Å². The van der Waals surface area contributed by atoms with Gasteiger partial charge in [-0.1, -0.05) is 18.2 Å². The van der Waals surface area contributed by atoms with Gasteiger partial charge in [-0.15, -0.1) is 0 Å². The number of para-hydroxylation sites is 1. The molecule has 2 atom stereocenters. The smallest absolute Gasteiger partial charge is 0.278 e. The summed E-state index contributed by atoms with van der Waals surface area (Å²) in [4.78, 5) is 23.7. The summed E-state index contributed by atoms with van der Waals surface area (Å²) in [6.45, 7) is 2.31. The van der Waals surface area contributed by atoms with E-state index in [0.717, 1.165) is 11.3 Å². The SMILES string of the molecule is C[C@H](Nc1ncnc(N)c1-c1cnn(CCO)c1)C1Nn2cccc2C(=O)N1c1ccccc1. The number of amides is 1. The molecule has 0 bridgehead atoms. The van der Waals surface area contributed by atoms with Crippen LogP contribution in [0.5, 0.6) is 0 Å². The summed E-state index contributed by atoms with van der Waals surface area (Å²) in [5.74, 6) is 0.707. The summed E-state index contributed by atoms with van der Waals surface area (Å²) in [6, 6.07) is 12.8. The number of aliphatic hydroxyl groups is 1. The molecule has 0 radical (unpaired) electrons. The van der Waals surface area contributed by atoms with Crippen molar-refractivity contribution in [3.63, 3.8) is 0 Å². The van der Waals surface area contributed by atoms with Crippen LogP contribution >= 0.6 is 0 Å². The molecule has 5 rings (SSSR count). The van der Waals surface area contributed by atoms with Crippen LogP contribution in [0, 0.1) is 0 Å². The van der Waals surface area contributed by atoms with E-state index in [1.807, 2.05) is 49.5 Å². The van der Waals surface area contributed by atoms with Crippen molar-refractivity contribution in [2.24, 2.45) is 0 Å². The van der Waals surface area contributed by atoms with Gasteiger partial charge >= 0.3 is 0 Å². The lowest BCUT2D eigenvalue weighted by atomic mass is 10.1. The standard InChI is InChI=1S/C23H25N9O2/c1-15(28-21-19(20(24)25-14-26-21)16-12-27-30(13-16)10-11-33)22-29-31-9-5-8-18(31)23(34)32(22)17-6-3-2-4-7-17/h2-9,12-15,22,29,33H,10-11H2,1H3,(H3,24,25,26,28)/t15-,22?/m0/s1. The molecule has 11 heteroatoms. The Labute approximate surface area is 195 Å². The number of nitrogens with zero attached hydrogens (tertiary/aromatic N) is 6. The highest BCUT2D eigenvalue weighted by atomic mass is 16.3.